The van der Waals surface area contributed by atoms with E-state index in [1.54, 1.807) is 19.1 Å². The van der Waals surface area contributed by atoms with Gasteiger partial charge in [-0.2, -0.15) is 0 Å². The minimum atomic E-state index is -3.48. The van der Waals surface area contributed by atoms with Gasteiger partial charge in [0.25, 0.3) is 0 Å². The molecule has 1 aromatic carbocycles. The Balaban J connectivity index is 1.39. The van der Waals surface area contributed by atoms with Gasteiger partial charge in [-0.15, -0.1) is 10.2 Å². The van der Waals surface area contributed by atoms with Gasteiger partial charge in [-0.1, -0.05) is 6.07 Å². The molecule has 2 aliphatic rings. The molecule has 2 atom stereocenters. The molecule has 134 valence electrons. The molecule has 0 spiro atoms. The van der Waals surface area contributed by atoms with Crippen LogP contribution < -0.4 is 19.5 Å². The molecule has 4 rings (SSSR count). The van der Waals surface area contributed by atoms with E-state index >= 15 is 0 Å². The SMILES string of the molecule is Cc1nnc(C2CC(S(=O)(=O)NCc3ccc4c(c3)OCO4)CN2)o1. The van der Waals surface area contributed by atoms with Crippen molar-refractivity contribution in [1.29, 1.82) is 0 Å². The van der Waals surface area contributed by atoms with Crippen molar-refractivity contribution in [2.45, 2.75) is 31.2 Å². The van der Waals surface area contributed by atoms with E-state index in [1.807, 2.05) is 6.07 Å². The summed E-state index contributed by atoms with van der Waals surface area (Å²) in [5, 5.41) is 10.3. The molecule has 25 heavy (non-hydrogen) atoms. The number of benzene rings is 1. The van der Waals surface area contributed by atoms with Crippen LogP contribution in [0.4, 0.5) is 0 Å². The van der Waals surface area contributed by atoms with Crippen molar-refractivity contribution < 1.29 is 22.3 Å². The highest BCUT2D eigenvalue weighted by Gasteiger charge is 2.36. The lowest BCUT2D eigenvalue weighted by molar-refractivity contribution is 0.174. The zero-order chi connectivity index (χ0) is 17.4. The lowest BCUT2D eigenvalue weighted by Crippen LogP contribution is -2.35. The first-order valence-corrected chi connectivity index (χ1v) is 9.46. The van der Waals surface area contributed by atoms with Crippen LogP contribution in [0.15, 0.2) is 22.6 Å². The summed E-state index contributed by atoms with van der Waals surface area (Å²) in [7, 11) is -3.48. The fraction of sp³-hybridized carbons (Fsp3) is 0.467. The molecule has 0 bridgehead atoms. The summed E-state index contributed by atoms with van der Waals surface area (Å²) in [6.07, 6.45) is 0.387. The third kappa shape index (κ3) is 3.32. The Kier molecular flexibility index (Phi) is 4.10. The van der Waals surface area contributed by atoms with E-state index in [9.17, 15) is 8.42 Å². The molecule has 2 aliphatic heterocycles. The molecule has 10 heteroatoms. The maximum absolute atomic E-state index is 12.5. The lowest BCUT2D eigenvalue weighted by atomic mass is 10.2. The Morgan fingerprint density at radius 2 is 2.12 bits per heavy atom. The zero-order valence-corrected chi connectivity index (χ0v) is 14.4. The molecule has 1 aromatic heterocycles. The van der Waals surface area contributed by atoms with Gasteiger partial charge in [0.05, 0.1) is 11.3 Å². The predicted molar refractivity (Wildman–Crippen MR) is 86.5 cm³/mol. The fourth-order valence-corrected chi connectivity index (χ4v) is 4.30. The predicted octanol–water partition coefficient (Wildman–Crippen LogP) is 0.629. The number of fused-ring (bicyclic) bond motifs is 1. The highest BCUT2D eigenvalue weighted by atomic mass is 32.2. The topological polar surface area (TPSA) is 116 Å². The summed E-state index contributed by atoms with van der Waals surface area (Å²) in [4.78, 5) is 0. The first kappa shape index (κ1) is 16.3. The average Bonchev–Trinajstić information content (AvgIpc) is 3.32. The molecule has 1 saturated heterocycles. The molecule has 0 radical (unpaired) electrons. The van der Waals surface area contributed by atoms with Crippen molar-refractivity contribution in [3.63, 3.8) is 0 Å². The maximum Gasteiger partial charge on any atom is 0.233 e. The summed E-state index contributed by atoms with van der Waals surface area (Å²) in [5.41, 5.74) is 0.808. The number of aromatic nitrogens is 2. The van der Waals surface area contributed by atoms with Crippen molar-refractivity contribution >= 4 is 10.0 Å². The van der Waals surface area contributed by atoms with Crippen molar-refractivity contribution in [3.05, 3.63) is 35.5 Å². The smallest absolute Gasteiger partial charge is 0.233 e. The Hall–Kier alpha value is -2.17. The lowest BCUT2D eigenvalue weighted by Gasteiger charge is -2.12. The second kappa shape index (κ2) is 6.28. The Labute approximate surface area is 144 Å². The number of aryl methyl sites for hydroxylation is 1. The molecule has 3 heterocycles. The molecular weight excluding hydrogens is 348 g/mol. The number of hydrogen-bond donors (Lipinski definition) is 2. The summed E-state index contributed by atoms with van der Waals surface area (Å²) >= 11 is 0. The molecule has 9 nitrogen and oxygen atoms in total. The van der Waals surface area contributed by atoms with Crippen LogP contribution >= 0.6 is 0 Å². The third-order valence-electron chi connectivity index (χ3n) is 4.28. The van der Waals surface area contributed by atoms with Gasteiger partial charge in [0.15, 0.2) is 11.5 Å². The van der Waals surface area contributed by atoms with Crippen LogP contribution in [-0.4, -0.2) is 37.2 Å². The maximum atomic E-state index is 12.5. The summed E-state index contributed by atoms with van der Waals surface area (Å²) in [5.74, 6) is 2.19. The Morgan fingerprint density at radius 3 is 2.92 bits per heavy atom. The van der Waals surface area contributed by atoms with Gasteiger partial charge in [0.1, 0.15) is 0 Å². The van der Waals surface area contributed by atoms with Gasteiger partial charge in [-0.3, -0.25) is 0 Å². The number of sulfonamides is 1. The van der Waals surface area contributed by atoms with Crippen molar-refractivity contribution in [1.82, 2.24) is 20.2 Å². The van der Waals surface area contributed by atoms with Crippen LogP contribution in [0.2, 0.25) is 0 Å². The van der Waals surface area contributed by atoms with Crippen LogP contribution in [0.1, 0.15) is 29.8 Å². The second-order valence-corrected chi connectivity index (χ2v) is 8.08. The van der Waals surface area contributed by atoms with E-state index in [0.29, 0.717) is 36.2 Å². The molecular formula is C15H18N4O5S. The van der Waals surface area contributed by atoms with Gasteiger partial charge in [0, 0.05) is 20.0 Å². The molecule has 2 unspecified atom stereocenters. The van der Waals surface area contributed by atoms with Gasteiger partial charge in [0.2, 0.25) is 28.6 Å². The first-order valence-electron chi connectivity index (χ1n) is 7.92. The van der Waals surface area contributed by atoms with E-state index in [2.05, 4.69) is 20.2 Å². The molecule has 1 fully saturated rings. The fourth-order valence-electron chi connectivity index (χ4n) is 2.93. The third-order valence-corrected chi connectivity index (χ3v) is 6.07. The standard InChI is InChI=1S/C15H18N4O5S/c1-9-18-19-15(24-9)12-5-11(7-16-12)25(20,21)17-6-10-2-3-13-14(4-10)23-8-22-13/h2-4,11-12,16-17H,5-8H2,1H3. The highest BCUT2D eigenvalue weighted by Crippen LogP contribution is 2.32. The zero-order valence-electron chi connectivity index (χ0n) is 13.6. The van der Waals surface area contributed by atoms with E-state index < -0.39 is 15.3 Å². The number of nitrogens with zero attached hydrogens (tertiary/aromatic N) is 2. The minimum absolute atomic E-state index is 0.189. The number of hydrogen-bond acceptors (Lipinski definition) is 8. The van der Waals surface area contributed by atoms with Crippen LogP contribution in [-0.2, 0) is 16.6 Å². The highest BCUT2D eigenvalue weighted by molar-refractivity contribution is 7.90. The first-order chi connectivity index (χ1) is 12.0. The summed E-state index contributed by atoms with van der Waals surface area (Å²) in [6, 6.07) is 5.12. The molecule has 2 N–H and O–H groups in total. The van der Waals surface area contributed by atoms with E-state index in [-0.39, 0.29) is 19.4 Å². The molecule has 0 amide bonds. The Morgan fingerprint density at radius 1 is 1.28 bits per heavy atom. The summed E-state index contributed by atoms with van der Waals surface area (Å²) in [6.45, 7) is 2.42. The van der Waals surface area contributed by atoms with Gasteiger partial charge >= 0.3 is 0 Å². The summed E-state index contributed by atoms with van der Waals surface area (Å²) < 4.78 is 43.7. The normalized spacial score (nSPS) is 22.4. The van der Waals surface area contributed by atoms with Crippen LogP contribution in [0.25, 0.3) is 0 Å². The number of nitrogens with one attached hydrogen (secondary N) is 2. The average molecular weight is 366 g/mol. The molecule has 0 saturated carbocycles. The van der Waals surface area contributed by atoms with Crippen LogP contribution in [0, 0.1) is 6.92 Å². The number of ether oxygens (including phenoxy) is 2. The van der Waals surface area contributed by atoms with Gasteiger partial charge in [-0.05, 0) is 24.1 Å². The number of rotatable bonds is 5. The van der Waals surface area contributed by atoms with E-state index in [1.165, 1.54) is 0 Å². The van der Waals surface area contributed by atoms with E-state index in [0.717, 1.165) is 5.56 Å². The Bertz CT molecular complexity index is 882. The van der Waals surface area contributed by atoms with Gasteiger partial charge < -0.3 is 19.2 Å². The minimum Gasteiger partial charge on any atom is -0.454 e. The van der Waals surface area contributed by atoms with Crippen molar-refractivity contribution in [3.8, 4) is 11.5 Å². The van der Waals surface area contributed by atoms with Crippen LogP contribution in [0.3, 0.4) is 0 Å². The molecule has 2 aromatic rings. The molecule has 0 aliphatic carbocycles. The largest absolute Gasteiger partial charge is 0.454 e. The van der Waals surface area contributed by atoms with Crippen LogP contribution in [0.5, 0.6) is 11.5 Å². The second-order valence-electron chi connectivity index (χ2n) is 6.03. The van der Waals surface area contributed by atoms with Crippen molar-refractivity contribution in [2.24, 2.45) is 0 Å². The van der Waals surface area contributed by atoms with Crippen molar-refractivity contribution in [2.75, 3.05) is 13.3 Å². The van der Waals surface area contributed by atoms with Gasteiger partial charge in [-0.25, -0.2) is 13.1 Å². The van der Waals surface area contributed by atoms with E-state index in [4.69, 9.17) is 13.9 Å². The monoisotopic (exact) mass is 366 g/mol. The quantitative estimate of drug-likeness (QED) is 0.792.